The van der Waals surface area contributed by atoms with Gasteiger partial charge in [-0.25, -0.2) is 9.78 Å². The van der Waals surface area contributed by atoms with Gasteiger partial charge in [0.15, 0.2) is 0 Å². The third-order valence-corrected chi connectivity index (χ3v) is 4.20. The van der Waals surface area contributed by atoms with Crippen molar-refractivity contribution in [1.82, 2.24) is 9.55 Å². The quantitative estimate of drug-likeness (QED) is 0.466. The van der Waals surface area contributed by atoms with E-state index < -0.39 is 5.09 Å². The predicted molar refractivity (Wildman–Crippen MR) is 84.4 cm³/mol. The number of imidazole rings is 1. The van der Waals surface area contributed by atoms with E-state index in [4.69, 9.17) is 20.1 Å². The zero-order chi connectivity index (χ0) is 17.2. The standard InChI is InChI=1S/C15H24N2O2.NO3/c1-3-7-13(12-8-5-4-6-9-12)17-11-16-10-14(17)15(18)19-2;2-1(3)4/h10-13H,3-9H2,1-2H3;/q;-1. The van der Waals surface area contributed by atoms with Crippen molar-refractivity contribution in [2.45, 2.75) is 57.9 Å². The van der Waals surface area contributed by atoms with Gasteiger partial charge in [0.1, 0.15) is 5.69 Å². The van der Waals surface area contributed by atoms with Crippen LogP contribution in [0.4, 0.5) is 0 Å². The van der Waals surface area contributed by atoms with Crippen LogP contribution in [0, 0.1) is 21.2 Å². The molecule has 0 bridgehead atoms. The van der Waals surface area contributed by atoms with Crippen LogP contribution in [0.3, 0.4) is 0 Å². The number of hydrogen-bond donors (Lipinski definition) is 0. The van der Waals surface area contributed by atoms with Crippen molar-refractivity contribution in [2.75, 3.05) is 7.11 Å². The maximum atomic E-state index is 11.8. The summed E-state index contributed by atoms with van der Waals surface area (Å²) in [6, 6.07) is 0.391. The maximum Gasteiger partial charge on any atom is 0.356 e. The van der Waals surface area contributed by atoms with Gasteiger partial charge in [-0.1, -0.05) is 32.6 Å². The van der Waals surface area contributed by atoms with Crippen molar-refractivity contribution in [1.29, 1.82) is 0 Å². The lowest BCUT2D eigenvalue weighted by Gasteiger charge is -2.31. The Hall–Kier alpha value is -2.12. The molecule has 23 heavy (non-hydrogen) atoms. The number of carbonyl (C=O) groups is 1. The molecule has 0 amide bonds. The minimum atomic E-state index is -1.75. The van der Waals surface area contributed by atoms with Gasteiger partial charge >= 0.3 is 5.97 Å². The zero-order valence-corrected chi connectivity index (χ0v) is 13.6. The second kappa shape index (κ2) is 9.81. The number of ether oxygens (including phenoxy) is 1. The number of rotatable bonds is 5. The molecule has 1 aliphatic rings. The summed E-state index contributed by atoms with van der Waals surface area (Å²) >= 11 is 0. The number of aromatic nitrogens is 2. The van der Waals surface area contributed by atoms with E-state index in [1.807, 2.05) is 4.57 Å². The van der Waals surface area contributed by atoms with Gasteiger partial charge in [0.25, 0.3) is 0 Å². The van der Waals surface area contributed by atoms with Crippen molar-refractivity contribution in [3.63, 3.8) is 0 Å². The molecule has 0 aromatic carbocycles. The maximum absolute atomic E-state index is 11.8. The summed E-state index contributed by atoms with van der Waals surface area (Å²) in [5.74, 6) is 0.390. The second-order valence-corrected chi connectivity index (χ2v) is 5.66. The van der Waals surface area contributed by atoms with Gasteiger partial charge in [0.2, 0.25) is 0 Å². The Bertz CT molecular complexity index is 493. The van der Waals surface area contributed by atoms with Crippen LogP contribution in [0.5, 0.6) is 0 Å². The van der Waals surface area contributed by atoms with E-state index in [2.05, 4.69) is 11.9 Å². The molecule has 0 saturated heterocycles. The summed E-state index contributed by atoms with van der Waals surface area (Å²) in [5, 5.41) is 14.8. The van der Waals surface area contributed by atoms with E-state index in [0.29, 0.717) is 17.7 Å². The lowest BCUT2D eigenvalue weighted by atomic mass is 9.82. The van der Waals surface area contributed by atoms with Gasteiger partial charge in [-0.05, 0) is 25.2 Å². The van der Waals surface area contributed by atoms with Gasteiger partial charge in [0.05, 0.1) is 24.7 Å². The third-order valence-electron chi connectivity index (χ3n) is 4.20. The minimum absolute atomic E-state index is 0.283. The van der Waals surface area contributed by atoms with Crippen molar-refractivity contribution in [2.24, 2.45) is 5.92 Å². The molecule has 1 aromatic heterocycles. The number of methoxy groups -OCH3 is 1. The van der Waals surface area contributed by atoms with Crippen LogP contribution in [-0.2, 0) is 4.74 Å². The fourth-order valence-electron chi connectivity index (χ4n) is 3.25. The molecule has 1 saturated carbocycles. The summed E-state index contributed by atoms with van der Waals surface area (Å²) in [5.41, 5.74) is 0.589. The molecular formula is C15H24N3O5-. The third kappa shape index (κ3) is 5.88. The molecule has 2 rings (SSSR count). The summed E-state index contributed by atoms with van der Waals surface area (Å²) in [6.45, 7) is 2.20. The van der Waals surface area contributed by atoms with Crippen LogP contribution >= 0.6 is 0 Å². The van der Waals surface area contributed by atoms with Gasteiger partial charge in [-0.15, -0.1) is 0 Å². The summed E-state index contributed by atoms with van der Waals surface area (Å²) in [7, 11) is 1.43. The van der Waals surface area contributed by atoms with Gasteiger partial charge in [0, 0.05) is 6.04 Å². The van der Waals surface area contributed by atoms with E-state index in [1.165, 1.54) is 39.2 Å². The Morgan fingerprint density at radius 1 is 1.43 bits per heavy atom. The fourth-order valence-corrected chi connectivity index (χ4v) is 3.25. The molecule has 1 unspecified atom stereocenters. The van der Waals surface area contributed by atoms with E-state index >= 15 is 0 Å². The Morgan fingerprint density at radius 2 is 2.04 bits per heavy atom. The van der Waals surface area contributed by atoms with Crippen LogP contribution in [0.1, 0.15) is 68.4 Å². The molecule has 8 heteroatoms. The van der Waals surface area contributed by atoms with Crippen LogP contribution in [-0.4, -0.2) is 27.7 Å². The zero-order valence-electron chi connectivity index (χ0n) is 13.6. The largest absolute Gasteiger partial charge is 0.464 e. The average Bonchev–Trinajstić information content (AvgIpc) is 3.01. The molecule has 1 heterocycles. The highest BCUT2D eigenvalue weighted by Crippen LogP contribution is 2.36. The highest BCUT2D eigenvalue weighted by molar-refractivity contribution is 5.87. The summed E-state index contributed by atoms with van der Waals surface area (Å²) in [4.78, 5) is 24.2. The smallest absolute Gasteiger partial charge is 0.356 e. The highest BCUT2D eigenvalue weighted by atomic mass is 16.9. The molecule has 8 nitrogen and oxygen atoms in total. The van der Waals surface area contributed by atoms with Gasteiger partial charge < -0.3 is 24.6 Å². The molecule has 1 atom stereocenters. The first-order valence-corrected chi connectivity index (χ1v) is 7.92. The molecule has 0 radical (unpaired) electrons. The monoisotopic (exact) mass is 326 g/mol. The Labute approximate surface area is 135 Å². The Morgan fingerprint density at radius 3 is 2.57 bits per heavy atom. The van der Waals surface area contributed by atoms with Crippen molar-refractivity contribution in [3.05, 3.63) is 33.5 Å². The molecule has 130 valence electrons. The lowest BCUT2D eigenvalue weighted by Crippen LogP contribution is -2.24. The first-order chi connectivity index (χ1) is 11.0. The predicted octanol–water partition coefficient (Wildman–Crippen LogP) is 3.35. The molecule has 1 aliphatic carbocycles. The highest BCUT2D eigenvalue weighted by Gasteiger charge is 2.27. The first kappa shape index (κ1) is 18.9. The Kier molecular flexibility index (Phi) is 8.07. The van der Waals surface area contributed by atoms with Crippen LogP contribution in [0.15, 0.2) is 12.5 Å². The van der Waals surface area contributed by atoms with E-state index in [9.17, 15) is 4.79 Å². The van der Waals surface area contributed by atoms with E-state index in [1.54, 1.807) is 12.5 Å². The topological polar surface area (TPSA) is 110 Å². The SMILES string of the molecule is CCCC(C1CCCCC1)n1cncc1C(=O)OC.O=[N+]([O-])[O-]. The lowest BCUT2D eigenvalue weighted by molar-refractivity contribution is -0.402. The number of hydrogen-bond acceptors (Lipinski definition) is 6. The molecule has 1 fully saturated rings. The molecule has 0 spiro atoms. The molecule has 0 N–H and O–H groups in total. The minimum Gasteiger partial charge on any atom is -0.464 e. The second-order valence-electron chi connectivity index (χ2n) is 5.66. The average molecular weight is 326 g/mol. The van der Waals surface area contributed by atoms with Crippen LogP contribution in [0.25, 0.3) is 0 Å². The van der Waals surface area contributed by atoms with Crippen molar-refractivity contribution in [3.8, 4) is 0 Å². The van der Waals surface area contributed by atoms with E-state index in [-0.39, 0.29) is 5.97 Å². The van der Waals surface area contributed by atoms with Crippen LogP contribution in [0.2, 0.25) is 0 Å². The van der Waals surface area contributed by atoms with Crippen molar-refractivity contribution < 1.29 is 14.6 Å². The van der Waals surface area contributed by atoms with Crippen molar-refractivity contribution >= 4 is 5.97 Å². The van der Waals surface area contributed by atoms with E-state index in [0.717, 1.165) is 12.8 Å². The molecule has 0 aliphatic heterocycles. The van der Waals surface area contributed by atoms with Crippen LogP contribution < -0.4 is 0 Å². The first-order valence-electron chi connectivity index (χ1n) is 7.92. The van der Waals surface area contributed by atoms with Gasteiger partial charge in [-0.2, -0.15) is 0 Å². The normalized spacial score (nSPS) is 16.1. The Balaban J connectivity index is 0.000000593. The number of nitrogens with zero attached hydrogens (tertiary/aromatic N) is 3. The number of carbonyl (C=O) groups excluding carboxylic acids is 1. The summed E-state index contributed by atoms with van der Waals surface area (Å²) < 4.78 is 6.90. The molecular weight excluding hydrogens is 302 g/mol. The fraction of sp³-hybridized carbons (Fsp3) is 0.733. The summed E-state index contributed by atoms with van der Waals surface area (Å²) in [6.07, 6.45) is 12.2. The molecule has 1 aromatic rings. The number of esters is 1. The van der Waals surface area contributed by atoms with Gasteiger partial charge in [-0.3, -0.25) is 0 Å².